The number of rotatable bonds is 2. The van der Waals surface area contributed by atoms with E-state index in [1.807, 2.05) is 0 Å². The molecule has 0 aromatic heterocycles. The predicted octanol–water partition coefficient (Wildman–Crippen LogP) is 3.00. The quantitative estimate of drug-likeness (QED) is 0.434. The van der Waals surface area contributed by atoms with Gasteiger partial charge >= 0.3 is 5.97 Å². The number of hydrogen-bond donors (Lipinski definition) is 0. The van der Waals surface area contributed by atoms with Crippen LogP contribution in [-0.4, -0.2) is 5.97 Å². The summed E-state index contributed by atoms with van der Waals surface area (Å²) >= 11 is 11.4. The molecule has 0 amide bonds. The second-order valence-electron chi connectivity index (χ2n) is 2.48. The van der Waals surface area contributed by atoms with E-state index in [2.05, 4.69) is 0 Å². The number of benzene rings is 1. The zero-order chi connectivity index (χ0) is 9.84. The molecule has 0 aliphatic rings. The summed E-state index contributed by atoms with van der Waals surface area (Å²) in [6.07, 6.45) is 0. The minimum absolute atomic E-state index is 0.267. The highest BCUT2D eigenvalue weighted by atomic mass is 35.5. The standard InChI is InChI=1S/C9H8Cl2O2/c1-6(12)13-9-3-2-8(11)4-7(9)5-10/h2-4H,5H2,1H3. The molecule has 0 atom stereocenters. The number of ether oxygens (including phenoxy) is 1. The second-order valence-corrected chi connectivity index (χ2v) is 3.18. The monoisotopic (exact) mass is 218 g/mol. The Balaban J connectivity index is 2.99. The van der Waals surface area contributed by atoms with Crippen LogP contribution in [0.15, 0.2) is 18.2 Å². The van der Waals surface area contributed by atoms with Crippen LogP contribution in [0.2, 0.25) is 5.02 Å². The Labute approximate surface area is 86.4 Å². The van der Waals surface area contributed by atoms with Crippen molar-refractivity contribution >= 4 is 29.2 Å². The zero-order valence-electron chi connectivity index (χ0n) is 7.01. The predicted molar refractivity (Wildman–Crippen MR) is 52.3 cm³/mol. The van der Waals surface area contributed by atoms with Gasteiger partial charge in [-0.15, -0.1) is 11.6 Å². The first-order valence-electron chi connectivity index (χ1n) is 3.66. The van der Waals surface area contributed by atoms with Crippen molar-refractivity contribution in [2.24, 2.45) is 0 Å². The van der Waals surface area contributed by atoms with Crippen LogP contribution in [0.4, 0.5) is 0 Å². The van der Waals surface area contributed by atoms with Gasteiger partial charge in [0.1, 0.15) is 5.75 Å². The fraction of sp³-hybridized carbons (Fsp3) is 0.222. The minimum Gasteiger partial charge on any atom is -0.426 e. The van der Waals surface area contributed by atoms with Crippen molar-refractivity contribution in [3.63, 3.8) is 0 Å². The summed E-state index contributed by atoms with van der Waals surface area (Å²) in [6, 6.07) is 4.95. The van der Waals surface area contributed by atoms with Crippen molar-refractivity contribution < 1.29 is 9.53 Å². The molecule has 2 nitrogen and oxygen atoms in total. The first-order chi connectivity index (χ1) is 6.13. The molecule has 0 radical (unpaired) electrons. The normalized spacial score (nSPS) is 9.77. The molecule has 4 heteroatoms. The molecule has 0 aliphatic carbocycles. The fourth-order valence-electron chi connectivity index (χ4n) is 0.907. The maximum Gasteiger partial charge on any atom is 0.308 e. The molecule has 0 heterocycles. The van der Waals surface area contributed by atoms with Gasteiger partial charge < -0.3 is 4.74 Å². The number of carbonyl (C=O) groups is 1. The van der Waals surface area contributed by atoms with Gasteiger partial charge in [0, 0.05) is 17.5 Å². The SMILES string of the molecule is CC(=O)Oc1ccc(Cl)cc1CCl. The molecule has 70 valence electrons. The third-order valence-electron chi connectivity index (χ3n) is 1.42. The van der Waals surface area contributed by atoms with E-state index in [9.17, 15) is 4.79 Å². The van der Waals surface area contributed by atoms with Crippen molar-refractivity contribution in [1.29, 1.82) is 0 Å². The van der Waals surface area contributed by atoms with E-state index in [0.29, 0.717) is 16.3 Å². The largest absolute Gasteiger partial charge is 0.426 e. The molecule has 1 rings (SSSR count). The van der Waals surface area contributed by atoms with Crippen LogP contribution in [-0.2, 0) is 10.7 Å². The minimum atomic E-state index is -0.367. The van der Waals surface area contributed by atoms with Gasteiger partial charge in [-0.1, -0.05) is 11.6 Å². The van der Waals surface area contributed by atoms with Gasteiger partial charge in [-0.2, -0.15) is 0 Å². The fourth-order valence-corrected chi connectivity index (χ4v) is 1.31. The maximum absolute atomic E-state index is 10.7. The molecular formula is C9H8Cl2O2. The van der Waals surface area contributed by atoms with Gasteiger partial charge in [0.15, 0.2) is 0 Å². The van der Waals surface area contributed by atoms with Gasteiger partial charge in [0.05, 0.1) is 5.88 Å². The smallest absolute Gasteiger partial charge is 0.308 e. The Kier molecular flexibility index (Phi) is 3.58. The topological polar surface area (TPSA) is 26.3 Å². The van der Waals surface area contributed by atoms with Crippen molar-refractivity contribution in [3.8, 4) is 5.75 Å². The summed E-state index contributed by atoms with van der Waals surface area (Å²) in [6.45, 7) is 1.34. The second kappa shape index (κ2) is 4.49. The van der Waals surface area contributed by atoms with Crippen molar-refractivity contribution in [2.75, 3.05) is 0 Å². The number of alkyl halides is 1. The lowest BCUT2D eigenvalue weighted by atomic mass is 10.2. The molecular weight excluding hydrogens is 211 g/mol. The van der Waals surface area contributed by atoms with E-state index < -0.39 is 0 Å². The lowest BCUT2D eigenvalue weighted by Crippen LogP contribution is -2.03. The molecule has 0 saturated heterocycles. The Bertz CT molecular complexity index is 323. The highest BCUT2D eigenvalue weighted by Crippen LogP contribution is 2.24. The summed E-state index contributed by atoms with van der Waals surface area (Å²) in [5.74, 6) is 0.365. The number of halogens is 2. The number of hydrogen-bond acceptors (Lipinski definition) is 2. The van der Waals surface area contributed by atoms with Crippen molar-refractivity contribution in [2.45, 2.75) is 12.8 Å². The van der Waals surface area contributed by atoms with Crippen LogP contribution < -0.4 is 4.74 Å². The third kappa shape index (κ3) is 2.90. The Morgan fingerprint density at radius 3 is 2.77 bits per heavy atom. The van der Waals surface area contributed by atoms with E-state index in [1.165, 1.54) is 6.92 Å². The molecule has 1 aromatic carbocycles. The Hall–Kier alpha value is -0.730. The summed E-state index contributed by atoms with van der Waals surface area (Å²) in [7, 11) is 0. The summed E-state index contributed by atoms with van der Waals surface area (Å²) in [4.78, 5) is 10.7. The molecule has 13 heavy (non-hydrogen) atoms. The van der Waals surface area contributed by atoms with E-state index in [-0.39, 0.29) is 11.8 Å². The van der Waals surface area contributed by atoms with Crippen LogP contribution in [0.5, 0.6) is 5.75 Å². The Morgan fingerprint density at radius 1 is 1.54 bits per heavy atom. The third-order valence-corrected chi connectivity index (χ3v) is 1.94. The lowest BCUT2D eigenvalue weighted by Gasteiger charge is -2.06. The van der Waals surface area contributed by atoms with Gasteiger partial charge in [0.2, 0.25) is 0 Å². The molecule has 0 spiro atoms. The van der Waals surface area contributed by atoms with Gasteiger partial charge in [-0.3, -0.25) is 4.79 Å². The van der Waals surface area contributed by atoms with Crippen molar-refractivity contribution in [3.05, 3.63) is 28.8 Å². The van der Waals surface area contributed by atoms with Gasteiger partial charge in [0.25, 0.3) is 0 Å². The molecule has 0 unspecified atom stereocenters. The molecule has 1 aromatic rings. The van der Waals surface area contributed by atoms with E-state index in [1.54, 1.807) is 18.2 Å². The molecule has 0 aliphatic heterocycles. The van der Waals surface area contributed by atoms with Gasteiger partial charge in [-0.05, 0) is 18.2 Å². The van der Waals surface area contributed by atoms with E-state index in [0.717, 1.165) is 0 Å². The summed E-state index contributed by atoms with van der Waals surface area (Å²) in [5, 5.41) is 0.576. The highest BCUT2D eigenvalue weighted by molar-refractivity contribution is 6.30. The van der Waals surface area contributed by atoms with E-state index >= 15 is 0 Å². The zero-order valence-corrected chi connectivity index (χ0v) is 8.52. The molecule has 0 N–H and O–H groups in total. The van der Waals surface area contributed by atoms with Crippen LogP contribution in [0.25, 0.3) is 0 Å². The number of carbonyl (C=O) groups excluding carboxylic acids is 1. The van der Waals surface area contributed by atoms with Crippen LogP contribution >= 0.6 is 23.2 Å². The Morgan fingerprint density at radius 2 is 2.23 bits per heavy atom. The average molecular weight is 219 g/mol. The summed E-state index contributed by atoms with van der Waals surface area (Å²) < 4.78 is 4.91. The molecule has 0 fully saturated rings. The molecule has 0 bridgehead atoms. The first kappa shape index (κ1) is 10.4. The van der Waals surface area contributed by atoms with Gasteiger partial charge in [-0.25, -0.2) is 0 Å². The van der Waals surface area contributed by atoms with E-state index in [4.69, 9.17) is 27.9 Å². The lowest BCUT2D eigenvalue weighted by molar-refractivity contribution is -0.131. The number of esters is 1. The molecule has 0 saturated carbocycles. The van der Waals surface area contributed by atoms with Crippen LogP contribution in [0.3, 0.4) is 0 Å². The van der Waals surface area contributed by atoms with Crippen molar-refractivity contribution in [1.82, 2.24) is 0 Å². The average Bonchev–Trinajstić information content (AvgIpc) is 2.07. The van der Waals surface area contributed by atoms with Crippen LogP contribution in [0, 0.1) is 0 Å². The summed E-state index contributed by atoms with van der Waals surface area (Å²) in [5.41, 5.74) is 0.712. The highest BCUT2D eigenvalue weighted by Gasteiger charge is 2.05. The van der Waals surface area contributed by atoms with Crippen LogP contribution in [0.1, 0.15) is 12.5 Å². The first-order valence-corrected chi connectivity index (χ1v) is 4.57. The maximum atomic E-state index is 10.7.